The van der Waals surface area contributed by atoms with Gasteiger partial charge in [-0.2, -0.15) is 0 Å². The molecular weight excluding hydrogens is 371 g/mol. The van der Waals surface area contributed by atoms with Crippen molar-refractivity contribution in [1.29, 1.82) is 0 Å². The Balaban J connectivity index is 1.79. The van der Waals surface area contributed by atoms with E-state index >= 15 is 0 Å². The SMILES string of the molecule is Cc1ccc(N2C[C@@H](C(=O)Nc3ccccc3S(C)(=O)=O)CC2=O)c(F)c1. The van der Waals surface area contributed by atoms with Crippen molar-refractivity contribution in [3.8, 4) is 0 Å². The van der Waals surface area contributed by atoms with Crippen LogP contribution in [-0.2, 0) is 19.4 Å². The monoisotopic (exact) mass is 390 g/mol. The lowest BCUT2D eigenvalue weighted by molar-refractivity contribution is -0.122. The number of anilines is 2. The summed E-state index contributed by atoms with van der Waals surface area (Å²) < 4.78 is 37.9. The van der Waals surface area contributed by atoms with Crippen LogP contribution in [0.3, 0.4) is 0 Å². The fraction of sp³-hybridized carbons (Fsp3) is 0.263. The van der Waals surface area contributed by atoms with Crippen LogP contribution in [0.2, 0.25) is 0 Å². The zero-order valence-corrected chi connectivity index (χ0v) is 15.7. The smallest absolute Gasteiger partial charge is 0.229 e. The summed E-state index contributed by atoms with van der Waals surface area (Å²) >= 11 is 0. The summed E-state index contributed by atoms with van der Waals surface area (Å²) in [5.74, 6) is -2.05. The molecule has 0 spiro atoms. The maximum atomic E-state index is 14.2. The molecule has 1 fully saturated rings. The summed E-state index contributed by atoms with van der Waals surface area (Å²) in [6, 6.07) is 10.6. The molecule has 1 heterocycles. The van der Waals surface area contributed by atoms with E-state index in [1.165, 1.54) is 29.2 Å². The van der Waals surface area contributed by atoms with Gasteiger partial charge in [0.15, 0.2) is 9.84 Å². The molecule has 0 unspecified atom stereocenters. The van der Waals surface area contributed by atoms with Gasteiger partial charge in [0.25, 0.3) is 0 Å². The van der Waals surface area contributed by atoms with E-state index in [0.717, 1.165) is 11.8 Å². The number of nitrogens with one attached hydrogen (secondary N) is 1. The number of amides is 2. The number of halogens is 1. The highest BCUT2D eigenvalue weighted by Crippen LogP contribution is 2.29. The lowest BCUT2D eigenvalue weighted by Crippen LogP contribution is -2.29. The van der Waals surface area contributed by atoms with Crippen molar-refractivity contribution in [2.75, 3.05) is 23.0 Å². The van der Waals surface area contributed by atoms with E-state index in [1.807, 2.05) is 0 Å². The summed E-state index contributed by atoms with van der Waals surface area (Å²) in [6.07, 6.45) is 0.985. The van der Waals surface area contributed by atoms with E-state index in [1.54, 1.807) is 25.1 Å². The van der Waals surface area contributed by atoms with Crippen LogP contribution in [0.5, 0.6) is 0 Å². The van der Waals surface area contributed by atoms with Crippen molar-refractivity contribution in [2.45, 2.75) is 18.2 Å². The first-order valence-corrected chi connectivity index (χ1v) is 10.2. The van der Waals surface area contributed by atoms with Crippen molar-refractivity contribution in [3.05, 3.63) is 53.8 Å². The van der Waals surface area contributed by atoms with Crippen molar-refractivity contribution >= 4 is 33.0 Å². The number of benzene rings is 2. The fourth-order valence-electron chi connectivity index (χ4n) is 3.07. The second-order valence-electron chi connectivity index (χ2n) is 6.62. The van der Waals surface area contributed by atoms with Crippen molar-refractivity contribution < 1.29 is 22.4 Å². The lowest BCUT2D eigenvalue weighted by atomic mass is 10.1. The normalized spacial score (nSPS) is 17.2. The van der Waals surface area contributed by atoms with Gasteiger partial charge in [0.05, 0.1) is 22.2 Å². The van der Waals surface area contributed by atoms with Crippen LogP contribution in [0.25, 0.3) is 0 Å². The minimum atomic E-state index is -3.52. The van der Waals surface area contributed by atoms with Gasteiger partial charge < -0.3 is 10.2 Å². The molecule has 2 aromatic rings. The fourth-order valence-corrected chi connectivity index (χ4v) is 3.92. The summed E-state index contributed by atoms with van der Waals surface area (Å²) in [5, 5.41) is 2.58. The summed E-state index contributed by atoms with van der Waals surface area (Å²) in [4.78, 5) is 26.1. The third-order valence-electron chi connectivity index (χ3n) is 4.43. The molecule has 2 aromatic carbocycles. The third kappa shape index (κ3) is 4.00. The molecule has 142 valence electrons. The van der Waals surface area contributed by atoms with E-state index < -0.39 is 27.5 Å². The van der Waals surface area contributed by atoms with Crippen LogP contribution in [0, 0.1) is 18.7 Å². The molecule has 2 amide bonds. The topological polar surface area (TPSA) is 83.6 Å². The van der Waals surface area contributed by atoms with Crippen LogP contribution in [-0.4, -0.2) is 33.0 Å². The number of carbonyl (C=O) groups excluding carboxylic acids is 2. The van der Waals surface area contributed by atoms with Gasteiger partial charge in [0, 0.05) is 19.2 Å². The quantitative estimate of drug-likeness (QED) is 0.870. The first-order chi connectivity index (χ1) is 12.7. The Hall–Kier alpha value is -2.74. The van der Waals surface area contributed by atoms with Gasteiger partial charge >= 0.3 is 0 Å². The van der Waals surface area contributed by atoms with Gasteiger partial charge in [0.1, 0.15) is 5.82 Å². The number of carbonyl (C=O) groups is 2. The van der Waals surface area contributed by atoms with Crippen LogP contribution in [0.4, 0.5) is 15.8 Å². The summed E-state index contributed by atoms with van der Waals surface area (Å²) in [7, 11) is -3.52. The molecule has 3 rings (SSSR count). The summed E-state index contributed by atoms with van der Waals surface area (Å²) in [6.45, 7) is 1.78. The number of hydrogen-bond acceptors (Lipinski definition) is 4. The highest BCUT2D eigenvalue weighted by Gasteiger charge is 2.36. The standard InChI is InChI=1S/C19H19FN2O4S/c1-12-7-8-16(14(20)9-12)22-11-13(10-18(22)23)19(24)21-15-5-3-4-6-17(15)27(2,25)26/h3-9,13H,10-11H2,1-2H3,(H,21,24)/t13-/m0/s1. The second kappa shape index (κ2) is 7.11. The highest BCUT2D eigenvalue weighted by atomic mass is 32.2. The second-order valence-corrected chi connectivity index (χ2v) is 8.60. The van der Waals surface area contributed by atoms with Crippen LogP contribution >= 0.6 is 0 Å². The molecule has 0 saturated carbocycles. The van der Waals surface area contributed by atoms with E-state index in [2.05, 4.69) is 5.32 Å². The Morgan fingerprint density at radius 3 is 2.59 bits per heavy atom. The van der Waals surface area contributed by atoms with Gasteiger partial charge in [-0.05, 0) is 36.8 Å². The number of rotatable bonds is 4. The van der Waals surface area contributed by atoms with Gasteiger partial charge in [-0.3, -0.25) is 9.59 Å². The van der Waals surface area contributed by atoms with E-state index in [9.17, 15) is 22.4 Å². The minimum absolute atomic E-state index is 0.00380. The number of hydrogen-bond donors (Lipinski definition) is 1. The number of nitrogens with zero attached hydrogens (tertiary/aromatic N) is 1. The predicted octanol–water partition coefficient (Wildman–Crippen LogP) is 2.53. The average Bonchev–Trinajstić information content (AvgIpc) is 2.96. The maximum absolute atomic E-state index is 14.2. The minimum Gasteiger partial charge on any atom is -0.325 e. The Morgan fingerprint density at radius 2 is 1.93 bits per heavy atom. The van der Waals surface area contributed by atoms with E-state index in [-0.39, 0.29) is 35.1 Å². The molecule has 27 heavy (non-hydrogen) atoms. The summed E-state index contributed by atoms with van der Waals surface area (Å²) in [5.41, 5.74) is 1.03. The van der Waals surface area contributed by atoms with Gasteiger partial charge in [0.2, 0.25) is 11.8 Å². The molecule has 6 nitrogen and oxygen atoms in total. The predicted molar refractivity (Wildman–Crippen MR) is 99.8 cm³/mol. The molecule has 8 heteroatoms. The van der Waals surface area contributed by atoms with Crippen molar-refractivity contribution in [3.63, 3.8) is 0 Å². The average molecular weight is 390 g/mol. The molecule has 1 aliphatic heterocycles. The van der Waals surface area contributed by atoms with Crippen molar-refractivity contribution in [1.82, 2.24) is 0 Å². The molecule has 0 radical (unpaired) electrons. The first kappa shape index (κ1) is 19.0. The Labute approximate surface area is 156 Å². The molecule has 0 bridgehead atoms. The number of sulfone groups is 1. The van der Waals surface area contributed by atoms with Crippen LogP contribution in [0.1, 0.15) is 12.0 Å². The number of para-hydroxylation sites is 1. The van der Waals surface area contributed by atoms with E-state index in [4.69, 9.17) is 0 Å². The molecular formula is C19H19FN2O4S. The Bertz CT molecular complexity index is 1020. The molecule has 1 saturated heterocycles. The molecule has 0 aliphatic carbocycles. The lowest BCUT2D eigenvalue weighted by Gasteiger charge is -2.18. The van der Waals surface area contributed by atoms with E-state index in [0.29, 0.717) is 0 Å². The third-order valence-corrected chi connectivity index (χ3v) is 5.59. The molecule has 1 N–H and O–H groups in total. The van der Waals surface area contributed by atoms with Crippen molar-refractivity contribution in [2.24, 2.45) is 5.92 Å². The highest BCUT2D eigenvalue weighted by molar-refractivity contribution is 7.90. The van der Waals surface area contributed by atoms with Gasteiger partial charge in [-0.15, -0.1) is 0 Å². The zero-order valence-electron chi connectivity index (χ0n) is 14.9. The Morgan fingerprint density at radius 1 is 1.22 bits per heavy atom. The molecule has 0 aromatic heterocycles. The first-order valence-electron chi connectivity index (χ1n) is 8.33. The van der Waals surface area contributed by atoms with Crippen LogP contribution < -0.4 is 10.2 Å². The Kier molecular flexibility index (Phi) is 5.01. The molecule has 1 atom stereocenters. The van der Waals surface area contributed by atoms with Gasteiger partial charge in [-0.1, -0.05) is 18.2 Å². The van der Waals surface area contributed by atoms with Gasteiger partial charge in [-0.25, -0.2) is 12.8 Å². The molecule has 1 aliphatic rings. The largest absolute Gasteiger partial charge is 0.325 e. The van der Waals surface area contributed by atoms with Crippen LogP contribution in [0.15, 0.2) is 47.4 Å². The zero-order chi connectivity index (χ0) is 19.8. The maximum Gasteiger partial charge on any atom is 0.229 e. The number of aryl methyl sites for hydroxylation is 1.